The van der Waals surface area contributed by atoms with Crippen molar-refractivity contribution in [3.8, 4) is 0 Å². The zero-order chi connectivity index (χ0) is 13.7. The van der Waals surface area contributed by atoms with Crippen molar-refractivity contribution in [3.05, 3.63) is 35.9 Å². The first-order chi connectivity index (χ1) is 9.20. The maximum absolute atomic E-state index is 12.2. The zero-order valence-corrected chi connectivity index (χ0v) is 11.1. The summed E-state index contributed by atoms with van der Waals surface area (Å²) in [5.41, 5.74) is 6.78. The van der Waals surface area contributed by atoms with Gasteiger partial charge in [0.2, 0.25) is 5.91 Å². The van der Waals surface area contributed by atoms with Crippen LogP contribution in [0.1, 0.15) is 37.3 Å². The van der Waals surface area contributed by atoms with Crippen molar-refractivity contribution >= 4 is 5.91 Å². The van der Waals surface area contributed by atoms with Crippen molar-refractivity contribution < 1.29 is 9.90 Å². The Bertz CT molecular complexity index is 400. The van der Waals surface area contributed by atoms with Crippen LogP contribution in [-0.2, 0) is 4.79 Å². The van der Waals surface area contributed by atoms with Gasteiger partial charge >= 0.3 is 0 Å². The molecule has 1 aliphatic carbocycles. The number of carbonyl (C=O) groups is 1. The van der Waals surface area contributed by atoms with E-state index in [1.54, 1.807) is 0 Å². The molecular formula is C15H22N2O2. The Hall–Kier alpha value is -1.39. The molecule has 0 heterocycles. The molecular weight excluding hydrogens is 240 g/mol. The number of hydrogen-bond acceptors (Lipinski definition) is 3. The van der Waals surface area contributed by atoms with Crippen molar-refractivity contribution in [1.82, 2.24) is 5.32 Å². The highest BCUT2D eigenvalue weighted by Gasteiger charge is 2.26. The highest BCUT2D eigenvalue weighted by atomic mass is 16.3. The van der Waals surface area contributed by atoms with Gasteiger partial charge in [0.1, 0.15) is 0 Å². The topological polar surface area (TPSA) is 75.4 Å². The van der Waals surface area contributed by atoms with Crippen molar-refractivity contribution in [3.63, 3.8) is 0 Å². The first kappa shape index (κ1) is 14.0. The van der Waals surface area contributed by atoms with E-state index >= 15 is 0 Å². The van der Waals surface area contributed by atoms with E-state index in [9.17, 15) is 9.90 Å². The highest BCUT2D eigenvalue weighted by Crippen LogP contribution is 2.24. The second kappa shape index (κ2) is 6.68. The Morgan fingerprint density at radius 1 is 1.26 bits per heavy atom. The summed E-state index contributed by atoms with van der Waals surface area (Å²) in [6.07, 6.45) is 3.51. The van der Waals surface area contributed by atoms with E-state index in [0.717, 1.165) is 31.2 Å². The summed E-state index contributed by atoms with van der Waals surface area (Å²) in [7, 11) is 0. The summed E-state index contributed by atoms with van der Waals surface area (Å²) in [4.78, 5) is 12.2. The predicted octanol–water partition coefficient (Wildman–Crippen LogP) is 1.35. The quantitative estimate of drug-likeness (QED) is 0.766. The highest BCUT2D eigenvalue weighted by molar-refractivity contribution is 5.79. The van der Waals surface area contributed by atoms with Crippen LogP contribution in [0.5, 0.6) is 0 Å². The molecule has 19 heavy (non-hydrogen) atoms. The average Bonchev–Trinajstić information content (AvgIpc) is 2.46. The number of nitrogens with one attached hydrogen (secondary N) is 1. The SMILES string of the molecule is NC1CCC(C(=O)N[C@H](CO)c2ccccc2)CC1. The van der Waals surface area contributed by atoms with Gasteiger partial charge in [0.05, 0.1) is 12.6 Å². The largest absolute Gasteiger partial charge is 0.394 e. The number of benzene rings is 1. The summed E-state index contributed by atoms with van der Waals surface area (Å²) in [6.45, 7) is -0.0814. The number of amides is 1. The minimum Gasteiger partial charge on any atom is -0.394 e. The summed E-state index contributed by atoms with van der Waals surface area (Å²) in [5.74, 6) is 0.0763. The normalized spacial score (nSPS) is 24.7. The number of carbonyl (C=O) groups excluding carboxylic acids is 1. The summed E-state index contributed by atoms with van der Waals surface area (Å²) >= 11 is 0. The fraction of sp³-hybridized carbons (Fsp3) is 0.533. The van der Waals surface area contributed by atoms with Crippen LogP contribution in [0.2, 0.25) is 0 Å². The van der Waals surface area contributed by atoms with Gasteiger partial charge in [0.25, 0.3) is 0 Å². The molecule has 1 saturated carbocycles. The zero-order valence-electron chi connectivity index (χ0n) is 11.1. The average molecular weight is 262 g/mol. The van der Waals surface area contributed by atoms with Crippen LogP contribution in [0.3, 0.4) is 0 Å². The van der Waals surface area contributed by atoms with Crippen molar-refractivity contribution in [2.24, 2.45) is 11.7 Å². The number of rotatable bonds is 4. The molecule has 0 aromatic heterocycles. The van der Waals surface area contributed by atoms with Crippen LogP contribution >= 0.6 is 0 Å². The van der Waals surface area contributed by atoms with Crippen molar-refractivity contribution in [2.45, 2.75) is 37.8 Å². The molecule has 0 aliphatic heterocycles. The van der Waals surface area contributed by atoms with Gasteiger partial charge in [-0.2, -0.15) is 0 Å². The molecule has 104 valence electrons. The van der Waals surface area contributed by atoms with Gasteiger partial charge in [0.15, 0.2) is 0 Å². The second-order valence-electron chi connectivity index (χ2n) is 5.27. The molecule has 4 nitrogen and oxygen atoms in total. The third-order valence-corrected chi connectivity index (χ3v) is 3.84. The van der Waals surface area contributed by atoms with Gasteiger partial charge in [-0.15, -0.1) is 0 Å². The van der Waals surface area contributed by atoms with Crippen LogP contribution in [0, 0.1) is 5.92 Å². The number of hydrogen-bond donors (Lipinski definition) is 3. The number of nitrogens with two attached hydrogens (primary N) is 1. The Balaban J connectivity index is 1.93. The van der Waals surface area contributed by atoms with Crippen molar-refractivity contribution in [1.29, 1.82) is 0 Å². The van der Waals surface area contributed by atoms with Crippen molar-refractivity contribution in [2.75, 3.05) is 6.61 Å². The molecule has 1 atom stereocenters. The lowest BCUT2D eigenvalue weighted by molar-refractivity contribution is -0.127. The minimum absolute atomic E-state index is 0.0369. The molecule has 0 saturated heterocycles. The molecule has 0 unspecified atom stereocenters. The molecule has 1 aromatic rings. The van der Waals surface area contributed by atoms with Gasteiger partial charge < -0.3 is 16.2 Å². The van der Waals surface area contributed by atoms with Crippen LogP contribution in [-0.4, -0.2) is 23.7 Å². The minimum atomic E-state index is -0.315. The van der Waals surface area contributed by atoms with E-state index in [1.165, 1.54) is 0 Å². The number of aliphatic hydroxyl groups excluding tert-OH is 1. The van der Waals surface area contributed by atoms with E-state index in [0.29, 0.717) is 0 Å². The molecule has 1 aromatic carbocycles. The van der Waals surface area contributed by atoms with Crippen LogP contribution in [0.4, 0.5) is 0 Å². The monoisotopic (exact) mass is 262 g/mol. The van der Waals surface area contributed by atoms with E-state index < -0.39 is 0 Å². The van der Waals surface area contributed by atoms with E-state index in [2.05, 4.69) is 5.32 Å². The van der Waals surface area contributed by atoms with E-state index in [4.69, 9.17) is 5.73 Å². The number of aliphatic hydroxyl groups is 1. The van der Waals surface area contributed by atoms with Crippen LogP contribution in [0.15, 0.2) is 30.3 Å². The summed E-state index contributed by atoms with van der Waals surface area (Å²) < 4.78 is 0. The van der Waals surface area contributed by atoms with Gasteiger partial charge in [-0.05, 0) is 31.2 Å². The van der Waals surface area contributed by atoms with Crippen LogP contribution in [0.25, 0.3) is 0 Å². The first-order valence-electron chi connectivity index (χ1n) is 6.92. The smallest absolute Gasteiger partial charge is 0.223 e. The Labute approximate surface area is 114 Å². The lowest BCUT2D eigenvalue weighted by Gasteiger charge is -2.27. The molecule has 0 bridgehead atoms. The maximum Gasteiger partial charge on any atom is 0.223 e. The molecule has 0 radical (unpaired) electrons. The lowest BCUT2D eigenvalue weighted by Crippen LogP contribution is -2.39. The fourth-order valence-electron chi connectivity index (χ4n) is 2.59. The maximum atomic E-state index is 12.2. The first-order valence-corrected chi connectivity index (χ1v) is 6.92. The summed E-state index contributed by atoms with van der Waals surface area (Å²) in [6, 6.07) is 9.49. The molecule has 4 heteroatoms. The van der Waals surface area contributed by atoms with Gasteiger partial charge in [0, 0.05) is 12.0 Å². The second-order valence-corrected chi connectivity index (χ2v) is 5.27. The Kier molecular flexibility index (Phi) is 4.93. The standard InChI is InChI=1S/C15H22N2O2/c16-13-8-6-12(7-9-13)15(19)17-14(10-18)11-4-2-1-3-5-11/h1-5,12-14,18H,6-10,16H2,(H,17,19)/t12?,13?,14-/m1/s1. The predicted molar refractivity (Wildman–Crippen MR) is 74.3 cm³/mol. The molecule has 1 amide bonds. The molecule has 2 rings (SSSR count). The Morgan fingerprint density at radius 2 is 1.89 bits per heavy atom. The van der Waals surface area contributed by atoms with Gasteiger partial charge in [-0.3, -0.25) is 4.79 Å². The van der Waals surface area contributed by atoms with Gasteiger partial charge in [-0.1, -0.05) is 30.3 Å². The molecule has 0 spiro atoms. The van der Waals surface area contributed by atoms with Crippen LogP contribution < -0.4 is 11.1 Å². The molecule has 1 fully saturated rings. The lowest BCUT2D eigenvalue weighted by atomic mass is 9.85. The Morgan fingerprint density at radius 3 is 2.47 bits per heavy atom. The van der Waals surface area contributed by atoms with E-state index in [-0.39, 0.29) is 30.5 Å². The third-order valence-electron chi connectivity index (χ3n) is 3.84. The fourth-order valence-corrected chi connectivity index (χ4v) is 2.59. The van der Waals surface area contributed by atoms with Gasteiger partial charge in [-0.25, -0.2) is 0 Å². The van der Waals surface area contributed by atoms with E-state index in [1.807, 2.05) is 30.3 Å². The molecule has 4 N–H and O–H groups in total. The summed E-state index contributed by atoms with van der Waals surface area (Å²) in [5, 5.41) is 12.4. The molecule has 1 aliphatic rings. The third kappa shape index (κ3) is 3.78.